The molecule has 3 rings (SSSR count). The summed E-state index contributed by atoms with van der Waals surface area (Å²) in [4.78, 5) is 55.3. The Morgan fingerprint density at radius 1 is 1.08 bits per heavy atom. The minimum atomic E-state index is -1.07. The topological polar surface area (TPSA) is 155 Å². The highest BCUT2D eigenvalue weighted by atomic mass is 16.3. The standard InChI is InChI=1S/C25H45N7O5/c1-15(2)27-25(37)32-14-18-12-20(32)24(36)26-9-5-6-19(29-17-7-10-31(4)11-8-17)23(35)28-16(3)21(33)13-22(34)30-18/h15-21,29,33H,5-14H2,1-4H3,(H,26,36)(H,27,37)(H,28,35)(H,30,34)/t16-,18-,19?,20-,21-/m0/s1. The normalized spacial score (nSPS) is 31.6. The number of carbonyl (C=O) groups is 4. The van der Waals surface area contributed by atoms with Gasteiger partial charge in [-0.05, 0) is 73.0 Å². The Morgan fingerprint density at radius 2 is 1.78 bits per heavy atom. The summed E-state index contributed by atoms with van der Waals surface area (Å²) in [6.07, 6.45) is 1.99. The molecule has 1 unspecified atom stereocenters. The fourth-order valence-corrected chi connectivity index (χ4v) is 5.20. The van der Waals surface area contributed by atoms with Gasteiger partial charge in [-0.2, -0.15) is 0 Å². The second kappa shape index (κ2) is 13.4. The van der Waals surface area contributed by atoms with Gasteiger partial charge in [-0.25, -0.2) is 4.79 Å². The van der Waals surface area contributed by atoms with Gasteiger partial charge in [0, 0.05) is 31.2 Å². The minimum Gasteiger partial charge on any atom is -0.390 e. The second-order valence-electron chi connectivity index (χ2n) is 11.1. The van der Waals surface area contributed by atoms with Gasteiger partial charge in [0.05, 0.1) is 24.6 Å². The zero-order chi connectivity index (χ0) is 27.1. The Kier molecular flexibility index (Phi) is 10.5. The maximum Gasteiger partial charge on any atom is 0.318 e. The van der Waals surface area contributed by atoms with Gasteiger partial charge < -0.3 is 41.5 Å². The number of rotatable bonds is 3. The first-order chi connectivity index (χ1) is 17.5. The number of likely N-dealkylation sites (tertiary alicyclic amines) is 2. The molecule has 0 saturated carbocycles. The van der Waals surface area contributed by atoms with Crippen molar-refractivity contribution in [3.05, 3.63) is 0 Å². The van der Waals surface area contributed by atoms with Crippen molar-refractivity contribution in [2.75, 3.05) is 33.2 Å². The SMILES string of the molecule is CC(C)NC(=O)N1C[C@@H]2C[C@H]1C(=O)NCCCC(NC1CCN(C)CC1)C(=O)N[C@@H](C)[C@@H](O)CC(=O)N2. The molecule has 0 aromatic rings. The molecule has 0 spiro atoms. The number of hydrogen-bond donors (Lipinski definition) is 6. The minimum absolute atomic E-state index is 0.0953. The molecule has 3 heterocycles. The molecule has 0 aromatic heterocycles. The first kappa shape index (κ1) is 29.1. The molecule has 3 aliphatic heterocycles. The number of hydrogen-bond acceptors (Lipinski definition) is 7. The van der Waals surface area contributed by atoms with Gasteiger partial charge in [-0.3, -0.25) is 14.4 Å². The molecule has 12 nitrogen and oxygen atoms in total. The lowest BCUT2D eigenvalue weighted by Crippen LogP contribution is -2.54. The molecule has 12 heteroatoms. The first-order valence-corrected chi connectivity index (χ1v) is 13.6. The lowest BCUT2D eigenvalue weighted by atomic mass is 10.0. The third-order valence-electron chi connectivity index (χ3n) is 7.42. The van der Waals surface area contributed by atoms with E-state index in [0.29, 0.717) is 25.8 Å². The molecular weight excluding hydrogens is 478 g/mol. The molecule has 3 fully saturated rings. The molecule has 37 heavy (non-hydrogen) atoms. The predicted molar refractivity (Wildman–Crippen MR) is 139 cm³/mol. The summed E-state index contributed by atoms with van der Waals surface area (Å²) in [5, 5.41) is 25.6. The maximum atomic E-state index is 13.1. The van der Waals surface area contributed by atoms with Crippen LogP contribution in [0.4, 0.5) is 4.79 Å². The van der Waals surface area contributed by atoms with Crippen molar-refractivity contribution >= 4 is 23.8 Å². The summed E-state index contributed by atoms with van der Waals surface area (Å²) in [6, 6.07) is -2.45. The summed E-state index contributed by atoms with van der Waals surface area (Å²) in [6.45, 7) is 7.85. The van der Waals surface area contributed by atoms with Crippen LogP contribution in [0.2, 0.25) is 0 Å². The molecule has 5 atom stereocenters. The Bertz CT molecular complexity index is 817. The zero-order valence-electron chi connectivity index (χ0n) is 22.6. The van der Waals surface area contributed by atoms with Crippen molar-refractivity contribution < 1.29 is 24.3 Å². The fraction of sp³-hybridized carbons (Fsp3) is 0.840. The first-order valence-electron chi connectivity index (χ1n) is 13.6. The van der Waals surface area contributed by atoms with Crippen LogP contribution in [0.1, 0.15) is 59.3 Å². The van der Waals surface area contributed by atoms with E-state index in [9.17, 15) is 24.3 Å². The van der Waals surface area contributed by atoms with Crippen LogP contribution in [0.15, 0.2) is 0 Å². The van der Waals surface area contributed by atoms with Crippen molar-refractivity contribution in [3.63, 3.8) is 0 Å². The van der Waals surface area contributed by atoms with E-state index in [1.165, 1.54) is 4.90 Å². The fourth-order valence-electron chi connectivity index (χ4n) is 5.20. The number of amides is 5. The van der Waals surface area contributed by atoms with Gasteiger partial charge in [0.15, 0.2) is 0 Å². The van der Waals surface area contributed by atoms with E-state index >= 15 is 0 Å². The summed E-state index contributed by atoms with van der Waals surface area (Å²) in [7, 11) is 2.08. The van der Waals surface area contributed by atoms with Crippen LogP contribution in [0.5, 0.6) is 0 Å². The lowest BCUT2D eigenvalue weighted by Gasteiger charge is -2.33. The third-order valence-corrected chi connectivity index (χ3v) is 7.42. The summed E-state index contributed by atoms with van der Waals surface area (Å²) in [5.41, 5.74) is 0. The summed E-state index contributed by atoms with van der Waals surface area (Å²) >= 11 is 0. The smallest absolute Gasteiger partial charge is 0.318 e. The number of fused-ring (bicyclic) bond motifs is 2. The average Bonchev–Trinajstić information content (AvgIpc) is 3.24. The predicted octanol–water partition coefficient (Wildman–Crippen LogP) is -1.12. The van der Waals surface area contributed by atoms with E-state index in [-0.39, 0.29) is 42.9 Å². The van der Waals surface area contributed by atoms with Gasteiger partial charge >= 0.3 is 6.03 Å². The molecule has 5 amide bonds. The van der Waals surface area contributed by atoms with Gasteiger partial charge in [0.2, 0.25) is 17.7 Å². The van der Waals surface area contributed by atoms with Crippen LogP contribution in [0, 0.1) is 0 Å². The van der Waals surface area contributed by atoms with Crippen LogP contribution >= 0.6 is 0 Å². The number of urea groups is 1. The Labute approximate surface area is 219 Å². The molecule has 3 aliphatic rings. The number of piperidine rings is 1. The largest absolute Gasteiger partial charge is 0.390 e. The number of carbonyl (C=O) groups excluding carboxylic acids is 4. The molecule has 6 N–H and O–H groups in total. The van der Waals surface area contributed by atoms with Crippen molar-refractivity contribution in [2.24, 2.45) is 0 Å². The van der Waals surface area contributed by atoms with Gasteiger partial charge in [-0.1, -0.05) is 0 Å². The van der Waals surface area contributed by atoms with E-state index in [1.54, 1.807) is 6.92 Å². The molecule has 210 valence electrons. The van der Waals surface area contributed by atoms with Crippen molar-refractivity contribution in [1.29, 1.82) is 0 Å². The van der Waals surface area contributed by atoms with Crippen molar-refractivity contribution in [3.8, 4) is 0 Å². The van der Waals surface area contributed by atoms with Gasteiger partial charge in [-0.15, -0.1) is 0 Å². The quantitative estimate of drug-likeness (QED) is 0.274. The maximum absolute atomic E-state index is 13.1. The molecule has 3 saturated heterocycles. The van der Waals surface area contributed by atoms with Crippen LogP contribution < -0.4 is 26.6 Å². The van der Waals surface area contributed by atoms with E-state index in [0.717, 1.165) is 25.9 Å². The van der Waals surface area contributed by atoms with E-state index in [2.05, 4.69) is 38.5 Å². The Morgan fingerprint density at radius 3 is 2.46 bits per heavy atom. The number of aliphatic hydroxyl groups is 1. The van der Waals surface area contributed by atoms with Crippen molar-refractivity contribution in [2.45, 2.75) is 102 Å². The van der Waals surface area contributed by atoms with Crippen LogP contribution in [-0.2, 0) is 14.4 Å². The second-order valence-corrected chi connectivity index (χ2v) is 11.1. The third kappa shape index (κ3) is 8.54. The Balaban J connectivity index is 1.72. The number of nitrogens with zero attached hydrogens (tertiary/aromatic N) is 2. The molecule has 0 radical (unpaired) electrons. The number of nitrogens with one attached hydrogen (secondary N) is 5. The molecule has 0 aromatic carbocycles. The number of aliphatic hydroxyl groups excluding tert-OH is 1. The van der Waals surface area contributed by atoms with Crippen LogP contribution in [0.25, 0.3) is 0 Å². The average molecular weight is 524 g/mol. The zero-order valence-corrected chi connectivity index (χ0v) is 22.6. The molecule has 2 bridgehead atoms. The van der Waals surface area contributed by atoms with Gasteiger partial charge in [0.1, 0.15) is 6.04 Å². The summed E-state index contributed by atoms with van der Waals surface area (Å²) in [5.74, 6) is -0.890. The molecular formula is C25H45N7O5. The monoisotopic (exact) mass is 523 g/mol. The van der Waals surface area contributed by atoms with E-state index < -0.39 is 36.2 Å². The molecule has 0 aliphatic carbocycles. The van der Waals surface area contributed by atoms with Crippen molar-refractivity contribution in [1.82, 2.24) is 36.4 Å². The van der Waals surface area contributed by atoms with Crippen LogP contribution in [0.3, 0.4) is 0 Å². The Hall–Kier alpha value is -2.44. The van der Waals surface area contributed by atoms with Gasteiger partial charge in [0.25, 0.3) is 0 Å². The van der Waals surface area contributed by atoms with E-state index in [1.807, 2.05) is 13.8 Å². The summed E-state index contributed by atoms with van der Waals surface area (Å²) < 4.78 is 0. The van der Waals surface area contributed by atoms with E-state index in [4.69, 9.17) is 0 Å². The highest BCUT2D eigenvalue weighted by Gasteiger charge is 2.40. The highest BCUT2D eigenvalue weighted by molar-refractivity contribution is 5.88. The lowest BCUT2D eigenvalue weighted by molar-refractivity contribution is -0.128. The van der Waals surface area contributed by atoms with Crippen LogP contribution in [-0.4, -0.2) is 114 Å². The highest BCUT2D eigenvalue weighted by Crippen LogP contribution is 2.20.